The average Bonchev–Trinajstić information content (AvgIpc) is 3.39. The lowest BCUT2D eigenvalue weighted by Gasteiger charge is -2.39. The molecular weight excluding hydrogens is 457 g/mol. The minimum atomic E-state index is -0.675. The van der Waals surface area contributed by atoms with Gasteiger partial charge in [0.1, 0.15) is 11.6 Å². The lowest BCUT2D eigenvalue weighted by atomic mass is 9.75. The molecule has 5 rings (SSSR count). The molecule has 9 heteroatoms. The molecule has 1 unspecified atom stereocenters. The molecule has 2 aliphatic heterocycles. The van der Waals surface area contributed by atoms with E-state index in [-0.39, 0.29) is 11.7 Å². The SMILES string of the molecule is N#CC1(Cc2ccc(F)cc2)CCN(C(=O)C2CNc3cc(Cl)c(-n4cccn4)cc3O2)CC1. The van der Waals surface area contributed by atoms with Crippen molar-refractivity contribution in [3.05, 3.63) is 71.3 Å². The highest BCUT2D eigenvalue weighted by molar-refractivity contribution is 6.32. The number of nitrogens with one attached hydrogen (secondary N) is 1. The summed E-state index contributed by atoms with van der Waals surface area (Å²) in [7, 11) is 0. The van der Waals surface area contributed by atoms with E-state index in [9.17, 15) is 14.4 Å². The largest absolute Gasteiger partial charge is 0.476 e. The Kier molecular flexibility index (Phi) is 5.88. The molecule has 7 nitrogen and oxygen atoms in total. The van der Waals surface area contributed by atoms with Crippen molar-refractivity contribution in [1.82, 2.24) is 14.7 Å². The Bertz CT molecular complexity index is 1230. The van der Waals surface area contributed by atoms with Crippen molar-refractivity contribution in [3.8, 4) is 17.5 Å². The molecule has 1 aromatic heterocycles. The topological polar surface area (TPSA) is 83.2 Å². The molecule has 0 radical (unpaired) electrons. The Morgan fingerprint density at radius 2 is 2.06 bits per heavy atom. The van der Waals surface area contributed by atoms with E-state index in [0.29, 0.717) is 55.4 Å². The maximum absolute atomic E-state index is 13.2. The molecule has 34 heavy (non-hydrogen) atoms. The van der Waals surface area contributed by atoms with Gasteiger partial charge in [-0.05, 0) is 49.1 Å². The van der Waals surface area contributed by atoms with Gasteiger partial charge in [-0.1, -0.05) is 23.7 Å². The van der Waals surface area contributed by atoms with E-state index in [0.717, 1.165) is 11.3 Å². The van der Waals surface area contributed by atoms with Gasteiger partial charge in [0.25, 0.3) is 5.91 Å². The summed E-state index contributed by atoms with van der Waals surface area (Å²) < 4.78 is 20.9. The summed E-state index contributed by atoms with van der Waals surface area (Å²) in [5, 5.41) is 17.9. The maximum Gasteiger partial charge on any atom is 0.265 e. The molecular formula is C25H23ClFN5O2. The van der Waals surface area contributed by atoms with Crippen LogP contribution in [0.4, 0.5) is 10.1 Å². The summed E-state index contributed by atoms with van der Waals surface area (Å²) in [5.41, 5.74) is 1.75. The number of hydrogen-bond acceptors (Lipinski definition) is 5. The van der Waals surface area contributed by atoms with E-state index < -0.39 is 11.5 Å². The number of amides is 1. The Balaban J connectivity index is 1.25. The first-order valence-corrected chi connectivity index (χ1v) is 11.5. The number of carbonyl (C=O) groups is 1. The lowest BCUT2D eigenvalue weighted by molar-refractivity contribution is -0.140. The van der Waals surface area contributed by atoms with Crippen molar-refractivity contribution in [3.63, 3.8) is 0 Å². The van der Waals surface area contributed by atoms with Gasteiger partial charge in [0.15, 0.2) is 6.10 Å². The molecule has 1 saturated heterocycles. The van der Waals surface area contributed by atoms with Crippen LogP contribution in [0, 0.1) is 22.6 Å². The fourth-order valence-electron chi connectivity index (χ4n) is 4.58. The van der Waals surface area contributed by atoms with Crippen LogP contribution < -0.4 is 10.1 Å². The quantitative estimate of drug-likeness (QED) is 0.606. The number of rotatable bonds is 4. The first-order chi connectivity index (χ1) is 16.5. The van der Waals surface area contributed by atoms with Crippen LogP contribution in [0.1, 0.15) is 18.4 Å². The van der Waals surface area contributed by atoms with Crippen molar-refractivity contribution < 1.29 is 13.9 Å². The van der Waals surface area contributed by atoms with Crippen LogP contribution in [0.5, 0.6) is 5.75 Å². The molecule has 1 fully saturated rings. The van der Waals surface area contributed by atoms with Crippen LogP contribution in [0.15, 0.2) is 54.9 Å². The Morgan fingerprint density at radius 3 is 2.74 bits per heavy atom. The van der Waals surface area contributed by atoms with Gasteiger partial charge < -0.3 is 15.0 Å². The summed E-state index contributed by atoms with van der Waals surface area (Å²) >= 11 is 6.40. The molecule has 3 aromatic rings. The van der Waals surface area contributed by atoms with Gasteiger partial charge in [0.2, 0.25) is 0 Å². The minimum Gasteiger partial charge on any atom is -0.476 e. The van der Waals surface area contributed by atoms with Crippen molar-refractivity contribution in [1.29, 1.82) is 5.26 Å². The van der Waals surface area contributed by atoms with E-state index in [1.807, 2.05) is 0 Å². The minimum absolute atomic E-state index is 0.109. The molecule has 1 atom stereocenters. The second-order valence-electron chi connectivity index (χ2n) is 8.76. The third-order valence-corrected chi connectivity index (χ3v) is 6.85. The second kappa shape index (κ2) is 8.99. The first-order valence-electron chi connectivity index (χ1n) is 11.1. The number of hydrogen-bond donors (Lipinski definition) is 1. The number of piperidine rings is 1. The van der Waals surface area contributed by atoms with Crippen LogP contribution in [0.25, 0.3) is 5.69 Å². The van der Waals surface area contributed by atoms with Gasteiger partial charge in [0.05, 0.1) is 34.4 Å². The van der Waals surface area contributed by atoms with Crippen molar-refractivity contribution in [2.75, 3.05) is 25.0 Å². The fourth-order valence-corrected chi connectivity index (χ4v) is 4.83. The number of nitrogens with zero attached hydrogens (tertiary/aromatic N) is 4. The predicted molar refractivity (Wildman–Crippen MR) is 125 cm³/mol. The van der Waals surface area contributed by atoms with Crippen molar-refractivity contribution in [2.24, 2.45) is 5.41 Å². The van der Waals surface area contributed by atoms with E-state index in [1.54, 1.807) is 52.3 Å². The zero-order valence-corrected chi connectivity index (χ0v) is 19.1. The summed E-state index contributed by atoms with van der Waals surface area (Å²) in [4.78, 5) is 15.0. The summed E-state index contributed by atoms with van der Waals surface area (Å²) in [6, 6.07) is 14.1. The average molecular weight is 480 g/mol. The second-order valence-corrected chi connectivity index (χ2v) is 9.17. The third kappa shape index (κ3) is 4.31. The zero-order chi connectivity index (χ0) is 23.7. The lowest BCUT2D eigenvalue weighted by Crippen LogP contribution is -2.51. The van der Waals surface area contributed by atoms with Crippen LogP contribution in [-0.4, -0.2) is 46.3 Å². The van der Waals surface area contributed by atoms with Gasteiger partial charge in [-0.25, -0.2) is 9.07 Å². The van der Waals surface area contributed by atoms with E-state index in [1.165, 1.54) is 12.1 Å². The van der Waals surface area contributed by atoms with E-state index in [2.05, 4.69) is 16.5 Å². The highest BCUT2D eigenvalue weighted by atomic mass is 35.5. The van der Waals surface area contributed by atoms with E-state index in [4.69, 9.17) is 16.3 Å². The Labute approximate surface area is 201 Å². The number of halogens is 2. The van der Waals surface area contributed by atoms with Gasteiger partial charge in [0, 0.05) is 31.5 Å². The molecule has 174 valence electrons. The highest BCUT2D eigenvalue weighted by Gasteiger charge is 2.39. The summed E-state index contributed by atoms with van der Waals surface area (Å²) in [5.74, 6) is 0.137. The van der Waals surface area contributed by atoms with Crippen LogP contribution >= 0.6 is 11.6 Å². The summed E-state index contributed by atoms with van der Waals surface area (Å²) in [6.07, 6.45) is 4.43. The maximum atomic E-state index is 13.2. The fraction of sp³-hybridized carbons (Fsp3) is 0.320. The zero-order valence-electron chi connectivity index (χ0n) is 18.4. The molecule has 1 N–H and O–H groups in total. The molecule has 3 heterocycles. The van der Waals surface area contributed by atoms with Crippen molar-refractivity contribution >= 4 is 23.2 Å². The Hall–Kier alpha value is -3.57. The molecule has 1 amide bonds. The number of benzene rings is 2. The first kappa shape index (κ1) is 22.2. The standard InChI is InChI=1S/C25H23ClFN5O2/c26-19-12-20-22(13-21(19)32-9-1-8-30-32)34-23(15-29-20)24(33)31-10-6-25(16-28,7-11-31)14-17-2-4-18(27)5-3-17/h1-5,8-9,12-13,23,29H,6-7,10-11,14-15H2. The number of carbonyl (C=O) groups excluding carboxylic acids is 1. The molecule has 0 aliphatic carbocycles. The molecule has 0 bridgehead atoms. The predicted octanol–water partition coefficient (Wildman–Crippen LogP) is 4.21. The monoisotopic (exact) mass is 479 g/mol. The van der Waals surface area contributed by atoms with Crippen LogP contribution in [-0.2, 0) is 11.2 Å². The Morgan fingerprint density at radius 1 is 1.29 bits per heavy atom. The van der Waals surface area contributed by atoms with Gasteiger partial charge in [-0.15, -0.1) is 0 Å². The number of likely N-dealkylation sites (tertiary alicyclic amines) is 1. The smallest absolute Gasteiger partial charge is 0.265 e. The molecule has 2 aliphatic rings. The van der Waals surface area contributed by atoms with Crippen LogP contribution in [0.3, 0.4) is 0 Å². The number of fused-ring (bicyclic) bond motifs is 1. The highest BCUT2D eigenvalue weighted by Crippen LogP contribution is 2.38. The van der Waals surface area contributed by atoms with Gasteiger partial charge in [-0.2, -0.15) is 10.4 Å². The summed E-state index contributed by atoms with van der Waals surface area (Å²) in [6.45, 7) is 1.28. The van der Waals surface area contributed by atoms with Crippen LogP contribution in [0.2, 0.25) is 5.02 Å². The number of aromatic nitrogens is 2. The van der Waals surface area contributed by atoms with E-state index >= 15 is 0 Å². The normalized spacial score (nSPS) is 18.9. The number of nitriles is 1. The molecule has 0 spiro atoms. The number of anilines is 1. The third-order valence-electron chi connectivity index (χ3n) is 6.55. The van der Waals surface area contributed by atoms with Crippen molar-refractivity contribution in [2.45, 2.75) is 25.4 Å². The molecule has 0 saturated carbocycles. The van der Waals surface area contributed by atoms with Gasteiger partial charge in [-0.3, -0.25) is 4.79 Å². The number of ether oxygens (including phenoxy) is 1. The molecule has 2 aromatic carbocycles. The van der Waals surface area contributed by atoms with Gasteiger partial charge >= 0.3 is 0 Å².